The Kier molecular flexibility index (Phi) is 2.32. The minimum atomic E-state index is -0.672. The zero-order valence-electron chi connectivity index (χ0n) is 8.55. The maximum absolute atomic E-state index is 10.4. The fraction of sp³-hybridized carbons (Fsp3) is 0.500. The Morgan fingerprint density at radius 2 is 2.07 bits per heavy atom. The van der Waals surface area contributed by atoms with Crippen molar-refractivity contribution in [1.82, 2.24) is 0 Å². The quantitative estimate of drug-likeness (QED) is 0.795. The molecule has 1 aliphatic rings. The molecule has 0 spiro atoms. The van der Waals surface area contributed by atoms with Gasteiger partial charge in [0.05, 0.1) is 5.60 Å². The van der Waals surface area contributed by atoms with Crippen molar-refractivity contribution in [3.8, 4) is 0 Å². The summed E-state index contributed by atoms with van der Waals surface area (Å²) in [4.78, 5) is 0. The summed E-state index contributed by atoms with van der Waals surface area (Å²) >= 11 is 5.88. The molecule has 14 heavy (non-hydrogen) atoms. The van der Waals surface area contributed by atoms with E-state index in [1.54, 1.807) is 0 Å². The maximum Gasteiger partial charge on any atom is 0.0899 e. The summed E-state index contributed by atoms with van der Waals surface area (Å²) in [5.74, 6) is 0.433. The van der Waals surface area contributed by atoms with E-state index >= 15 is 0 Å². The van der Waals surface area contributed by atoms with Crippen molar-refractivity contribution in [2.24, 2.45) is 5.92 Å². The summed E-state index contributed by atoms with van der Waals surface area (Å²) in [5, 5.41) is 11.1. The first-order chi connectivity index (χ1) is 6.51. The largest absolute Gasteiger partial charge is 0.385 e. The third kappa shape index (κ3) is 1.67. The molecule has 1 N–H and O–H groups in total. The van der Waals surface area contributed by atoms with E-state index in [0.29, 0.717) is 5.92 Å². The van der Waals surface area contributed by atoms with E-state index in [0.717, 1.165) is 29.0 Å². The van der Waals surface area contributed by atoms with Crippen LogP contribution in [0.25, 0.3) is 0 Å². The fourth-order valence-electron chi connectivity index (χ4n) is 2.06. The van der Waals surface area contributed by atoms with Gasteiger partial charge < -0.3 is 5.11 Å². The lowest BCUT2D eigenvalue weighted by Gasteiger charge is -2.25. The molecule has 0 aliphatic heterocycles. The van der Waals surface area contributed by atoms with Gasteiger partial charge in [0, 0.05) is 5.02 Å². The van der Waals surface area contributed by atoms with Crippen LogP contribution in [0.4, 0.5) is 0 Å². The molecule has 2 rings (SSSR count). The third-order valence-electron chi connectivity index (χ3n) is 3.11. The molecular weight excluding hydrogens is 196 g/mol. The Bertz CT molecular complexity index is 353. The number of hydrogen-bond acceptors (Lipinski definition) is 1. The van der Waals surface area contributed by atoms with Crippen LogP contribution in [-0.4, -0.2) is 5.11 Å². The predicted octanol–water partition coefficient (Wildman–Crippen LogP) is 3.27. The van der Waals surface area contributed by atoms with Gasteiger partial charge in [-0.15, -0.1) is 0 Å². The molecule has 1 nitrogen and oxygen atoms in total. The lowest BCUT2D eigenvalue weighted by Crippen LogP contribution is -2.24. The van der Waals surface area contributed by atoms with E-state index in [1.165, 1.54) is 0 Å². The van der Waals surface area contributed by atoms with Gasteiger partial charge >= 0.3 is 0 Å². The minimum Gasteiger partial charge on any atom is -0.385 e. The van der Waals surface area contributed by atoms with E-state index in [2.05, 4.69) is 0 Å². The Labute approximate surface area is 89.7 Å². The highest BCUT2D eigenvalue weighted by molar-refractivity contribution is 6.30. The van der Waals surface area contributed by atoms with Gasteiger partial charge in [-0.1, -0.05) is 17.7 Å². The van der Waals surface area contributed by atoms with Crippen molar-refractivity contribution in [1.29, 1.82) is 0 Å². The van der Waals surface area contributed by atoms with Gasteiger partial charge in [-0.2, -0.15) is 0 Å². The van der Waals surface area contributed by atoms with Crippen LogP contribution in [0.5, 0.6) is 0 Å². The van der Waals surface area contributed by atoms with Gasteiger partial charge in [-0.05, 0) is 55.9 Å². The lowest BCUT2D eigenvalue weighted by molar-refractivity contribution is 0.0325. The van der Waals surface area contributed by atoms with Crippen molar-refractivity contribution in [3.05, 3.63) is 34.3 Å². The molecule has 0 radical (unpaired) electrons. The summed E-state index contributed by atoms with van der Waals surface area (Å²) in [6, 6.07) is 5.70. The summed E-state index contributed by atoms with van der Waals surface area (Å²) in [6.07, 6.45) is 2.27. The predicted molar refractivity (Wildman–Crippen MR) is 58.5 cm³/mol. The summed E-state index contributed by atoms with van der Waals surface area (Å²) in [5.41, 5.74) is 1.42. The van der Waals surface area contributed by atoms with Gasteiger partial charge in [-0.3, -0.25) is 0 Å². The van der Waals surface area contributed by atoms with Crippen molar-refractivity contribution in [2.45, 2.75) is 32.3 Å². The van der Waals surface area contributed by atoms with Gasteiger partial charge in [0.2, 0.25) is 0 Å². The molecule has 0 heterocycles. The normalized spacial score (nSPS) is 20.6. The number of rotatable bonds is 2. The monoisotopic (exact) mass is 210 g/mol. The highest BCUT2D eigenvalue weighted by Crippen LogP contribution is 2.46. The first kappa shape index (κ1) is 10.0. The second kappa shape index (κ2) is 3.25. The van der Waals surface area contributed by atoms with Crippen LogP contribution in [0.3, 0.4) is 0 Å². The van der Waals surface area contributed by atoms with Crippen LogP contribution in [0.2, 0.25) is 5.02 Å². The standard InChI is InChI=1S/C12H15ClO/c1-8-7-10(13)5-6-11(8)12(2,14)9-3-4-9/h5-7,9,14H,3-4H2,1-2H3. The zero-order chi connectivity index (χ0) is 10.3. The Hall–Kier alpha value is -0.530. The smallest absolute Gasteiger partial charge is 0.0899 e. The first-order valence-electron chi connectivity index (χ1n) is 5.01. The number of aliphatic hydroxyl groups is 1. The number of hydrogen-bond donors (Lipinski definition) is 1. The van der Waals surface area contributed by atoms with Crippen molar-refractivity contribution in [3.63, 3.8) is 0 Å². The summed E-state index contributed by atoms with van der Waals surface area (Å²) in [7, 11) is 0. The van der Waals surface area contributed by atoms with E-state index < -0.39 is 5.60 Å². The van der Waals surface area contributed by atoms with Crippen LogP contribution in [0.1, 0.15) is 30.9 Å². The molecule has 76 valence electrons. The topological polar surface area (TPSA) is 20.2 Å². The molecule has 0 aromatic heterocycles. The average Bonchev–Trinajstić information content (AvgIpc) is 2.84. The van der Waals surface area contributed by atoms with Crippen molar-refractivity contribution >= 4 is 11.6 Å². The molecule has 0 saturated heterocycles. The molecule has 1 atom stereocenters. The number of halogens is 1. The van der Waals surface area contributed by atoms with Crippen LogP contribution in [0, 0.1) is 12.8 Å². The third-order valence-corrected chi connectivity index (χ3v) is 3.34. The molecule has 0 bridgehead atoms. The molecule has 1 aliphatic carbocycles. The molecule has 1 aromatic rings. The Morgan fingerprint density at radius 1 is 1.43 bits per heavy atom. The Morgan fingerprint density at radius 3 is 2.57 bits per heavy atom. The molecule has 1 aromatic carbocycles. The average molecular weight is 211 g/mol. The zero-order valence-corrected chi connectivity index (χ0v) is 9.30. The maximum atomic E-state index is 10.4. The van der Waals surface area contributed by atoms with Crippen molar-refractivity contribution < 1.29 is 5.11 Å². The molecule has 0 amide bonds. The van der Waals surface area contributed by atoms with E-state index in [4.69, 9.17) is 11.6 Å². The van der Waals surface area contributed by atoms with Crippen molar-refractivity contribution in [2.75, 3.05) is 0 Å². The minimum absolute atomic E-state index is 0.433. The van der Waals surface area contributed by atoms with Gasteiger partial charge in [0.1, 0.15) is 0 Å². The molecule has 2 heteroatoms. The van der Waals surface area contributed by atoms with E-state index in [9.17, 15) is 5.11 Å². The van der Waals surface area contributed by atoms with Crippen LogP contribution >= 0.6 is 11.6 Å². The Balaban J connectivity index is 2.40. The van der Waals surface area contributed by atoms with E-state index in [1.807, 2.05) is 32.0 Å². The SMILES string of the molecule is Cc1cc(Cl)ccc1C(C)(O)C1CC1. The molecule has 1 saturated carbocycles. The number of aryl methyl sites for hydroxylation is 1. The van der Waals surface area contributed by atoms with Crippen LogP contribution < -0.4 is 0 Å². The van der Waals surface area contributed by atoms with Crippen LogP contribution in [-0.2, 0) is 5.60 Å². The number of benzene rings is 1. The van der Waals surface area contributed by atoms with Gasteiger partial charge in [0.15, 0.2) is 0 Å². The summed E-state index contributed by atoms with van der Waals surface area (Å²) in [6.45, 7) is 3.90. The molecule has 1 unspecified atom stereocenters. The summed E-state index contributed by atoms with van der Waals surface area (Å²) < 4.78 is 0. The highest BCUT2D eigenvalue weighted by atomic mass is 35.5. The van der Waals surface area contributed by atoms with Gasteiger partial charge in [-0.25, -0.2) is 0 Å². The first-order valence-corrected chi connectivity index (χ1v) is 5.38. The molecular formula is C12H15ClO. The second-order valence-electron chi connectivity index (χ2n) is 4.38. The second-order valence-corrected chi connectivity index (χ2v) is 4.82. The lowest BCUT2D eigenvalue weighted by atomic mass is 9.88. The van der Waals surface area contributed by atoms with Crippen LogP contribution in [0.15, 0.2) is 18.2 Å². The highest BCUT2D eigenvalue weighted by Gasteiger charge is 2.41. The fourth-order valence-corrected chi connectivity index (χ4v) is 2.29. The molecule has 1 fully saturated rings. The van der Waals surface area contributed by atoms with E-state index in [-0.39, 0.29) is 0 Å². The van der Waals surface area contributed by atoms with Gasteiger partial charge in [0.25, 0.3) is 0 Å².